The summed E-state index contributed by atoms with van der Waals surface area (Å²) in [7, 11) is 0. The monoisotopic (exact) mass is 457 g/mol. The first-order chi connectivity index (χ1) is 15.2. The lowest BCUT2D eigenvalue weighted by Gasteiger charge is -2.09. The predicted octanol–water partition coefficient (Wildman–Crippen LogP) is 5.17. The number of carbonyl (C=O) groups excluding carboxylic acids is 1. The Kier molecular flexibility index (Phi) is 5.67. The van der Waals surface area contributed by atoms with Gasteiger partial charge in [-0.25, -0.2) is 15.1 Å². The average Bonchev–Trinajstić information content (AvgIpc) is 3.06. The number of amides is 1. The van der Waals surface area contributed by atoms with E-state index in [4.69, 9.17) is 11.6 Å². The van der Waals surface area contributed by atoms with E-state index in [-0.39, 0.29) is 16.5 Å². The van der Waals surface area contributed by atoms with Crippen LogP contribution in [0.4, 0.5) is 13.2 Å². The Morgan fingerprint density at radius 1 is 1.12 bits per heavy atom. The number of pyridine rings is 1. The van der Waals surface area contributed by atoms with E-state index in [0.717, 1.165) is 17.5 Å². The summed E-state index contributed by atoms with van der Waals surface area (Å²) in [4.78, 5) is 16.6. The Hall–Kier alpha value is -3.72. The lowest BCUT2D eigenvalue weighted by atomic mass is 10.2. The third kappa shape index (κ3) is 4.33. The van der Waals surface area contributed by atoms with Crippen LogP contribution in [0.3, 0.4) is 0 Å². The van der Waals surface area contributed by atoms with E-state index in [1.165, 1.54) is 23.0 Å². The van der Waals surface area contributed by atoms with Gasteiger partial charge in [-0.1, -0.05) is 41.9 Å². The van der Waals surface area contributed by atoms with Crippen LogP contribution in [-0.2, 0) is 6.18 Å². The summed E-state index contributed by atoms with van der Waals surface area (Å²) < 4.78 is 40.2. The number of nitrogens with one attached hydrogen (secondary N) is 1. The molecule has 0 bridgehead atoms. The fourth-order valence-corrected chi connectivity index (χ4v) is 3.37. The topological polar surface area (TPSA) is 72.2 Å². The summed E-state index contributed by atoms with van der Waals surface area (Å²) in [5, 5.41) is 9.05. The summed E-state index contributed by atoms with van der Waals surface area (Å²) in [5.74, 6) is -0.522. The molecule has 10 heteroatoms. The lowest BCUT2D eigenvalue weighted by Crippen LogP contribution is -2.19. The number of alkyl halides is 3. The molecule has 0 fully saturated rings. The number of aromatic nitrogens is 3. The van der Waals surface area contributed by atoms with E-state index < -0.39 is 17.6 Å². The zero-order valence-corrected chi connectivity index (χ0v) is 17.3. The SMILES string of the molecule is Cc1nn(-c2cccc(C(F)(F)F)c2)c(Cl)c1/C=N/NC(=O)c1ccc2ccccc2n1. The van der Waals surface area contributed by atoms with Gasteiger partial charge in [0, 0.05) is 5.39 Å². The number of hydrazone groups is 1. The number of para-hydroxylation sites is 1. The maximum absolute atomic E-state index is 13.0. The standard InChI is InChI=1S/C22H15ClF3N5O/c1-13-17(20(23)31(30-13)16-7-4-6-15(11-16)22(24,25)26)12-27-29-21(32)19-10-9-14-5-2-3-8-18(14)28-19/h2-12H,1H3,(H,29,32)/b27-12+. The quantitative estimate of drug-likeness (QED) is 0.339. The fraction of sp³-hybridized carbons (Fsp3) is 0.0909. The molecule has 0 unspecified atom stereocenters. The number of hydrogen-bond donors (Lipinski definition) is 1. The van der Waals surface area contributed by atoms with Crippen LogP contribution in [-0.4, -0.2) is 26.9 Å². The van der Waals surface area contributed by atoms with E-state index >= 15 is 0 Å². The second kappa shape index (κ2) is 8.43. The molecule has 0 atom stereocenters. The van der Waals surface area contributed by atoms with Crippen molar-refractivity contribution < 1.29 is 18.0 Å². The summed E-state index contributed by atoms with van der Waals surface area (Å²) >= 11 is 6.33. The summed E-state index contributed by atoms with van der Waals surface area (Å²) in [5.41, 5.74) is 3.34. The highest BCUT2D eigenvalue weighted by atomic mass is 35.5. The molecule has 2 aromatic carbocycles. The number of carbonyl (C=O) groups is 1. The Balaban J connectivity index is 1.55. The largest absolute Gasteiger partial charge is 0.416 e. The Morgan fingerprint density at radius 3 is 2.69 bits per heavy atom. The molecular weight excluding hydrogens is 443 g/mol. The number of aryl methyl sites for hydroxylation is 1. The van der Waals surface area contributed by atoms with Gasteiger partial charge < -0.3 is 0 Å². The van der Waals surface area contributed by atoms with Crippen LogP contribution >= 0.6 is 11.6 Å². The van der Waals surface area contributed by atoms with Crippen molar-refractivity contribution in [3.8, 4) is 5.69 Å². The average molecular weight is 458 g/mol. The molecule has 4 rings (SSSR count). The van der Waals surface area contributed by atoms with E-state index in [9.17, 15) is 18.0 Å². The molecule has 2 heterocycles. The van der Waals surface area contributed by atoms with Crippen molar-refractivity contribution in [2.45, 2.75) is 13.1 Å². The molecule has 0 saturated carbocycles. The van der Waals surface area contributed by atoms with Gasteiger partial charge in [0.15, 0.2) is 0 Å². The second-order valence-corrected chi connectivity index (χ2v) is 7.20. The number of hydrogen-bond acceptors (Lipinski definition) is 4. The molecule has 0 radical (unpaired) electrons. The first-order valence-electron chi connectivity index (χ1n) is 9.36. The van der Waals surface area contributed by atoms with Gasteiger partial charge in [0.25, 0.3) is 5.91 Å². The van der Waals surface area contributed by atoms with Crippen LogP contribution < -0.4 is 5.43 Å². The number of rotatable bonds is 4. The van der Waals surface area contributed by atoms with Crippen molar-refractivity contribution in [1.82, 2.24) is 20.2 Å². The van der Waals surface area contributed by atoms with Gasteiger partial charge in [-0.05, 0) is 37.3 Å². The van der Waals surface area contributed by atoms with E-state index in [2.05, 4.69) is 20.6 Å². The maximum atomic E-state index is 13.0. The predicted molar refractivity (Wildman–Crippen MR) is 115 cm³/mol. The normalized spacial score (nSPS) is 11.9. The molecule has 0 spiro atoms. The van der Waals surface area contributed by atoms with Gasteiger partial charge in [0.1, 0.15) is 10.8 Å². The minimum atomic E-state index is -4.49. The van der Waals surface area contributed by atoms with Crippen molar-refractivity contribution in [3.63, 3.8) is 0 Å². The van der Waals surface area contributed by atoms with Crippen LogP contribution in [0.25, 0.3) is 16.6 Å². The van der Waals surface area contributed by atoms with Gasteiger partial charge in [0.2, 0.25) is 0 Å². The summed E-state index contributed by atoms with van der Waals surface area (Å²) in [6.45, 7) is 1.63. The van der Waals surface area contributed by atoms with Gasteiger partial charge in [0.05, 0.1) is 34.2 Å². The Bertz CT molecular complexity index is 1350. The number of fused-ring (bicyclic) bond motifs is 1. The zero-order chi connectivity index (χ0) is 22.9. The van der Waals surface area contributed by atoms with Gasteiger partial charge in [-0.2, -0.15) is 23.4 Å². The fourth-order valence-electron chi connectivity index (χ4n) is 3.05. The molecule has 0 aliphatic rings. The molecule has 0 saturated heterocycles. The molecule has 162 valence electrons. The lowest BCUT2D eigenvalue weighted by molar-refractivity contribution is -0.137. The van der Waals surface area contributed by atoms with Crippen LogP contribution in [0.2, 0.25) is 5.15 Å². The highest BCUT2D eigenvalue weighted by Crippen LogP contribution is 2.31. The molecule has 1 N–H and O–H groups in total. The van der Waals surface area contributed by atoms with Crippen molar-refractivity contribution in [1.29, 1.82) is 0 Å². The zero-order valence-electron chi connectivity index (χ0n) is 16.6. The van der Waals surface area contributed by atoms with E-state index in [1.54, 1.807) is 25.1 Å². The molecule has 0 aliphatic carbocycles. The smallest absolute Gasteiger partial charge is 0.266 e. The molecule has 0 aliphatic heterocycles. The highest BCUT2D eigenvalue weighted by molar-refractivity contribution is 6.32. The molecular formula is C22H15ClF3N5O. The first kappa shape index (κ1) is 21.5. The van der Waals surface area contributed by atoms with Crippen LogP contribution in [0, 0.1) is 6.92 Å². The highest BCUT2D eigenvalue weighted by Gasteiger charge is 2.30. The van der Waals surface area contributed by atoms with Gasteiger partial charge >= 0.3 is 6.18 Å². The first-order valence-corrected chi connectivity index (χ1v) is 9.74. The minimum absolute atomic E-state index is 0.0589. The van der Waals surface area contributed by atoms with Gasteiger partial charge in [-0.15, -0.1) is 0 Å². The third-order valence-corrected chi connectivity index (χ3v) is 5.02. The van der Waals surface area contributed by atoms with Gasteiger partial charge in [-0.3, -0.25) is 4.79 Å². The van der Waals surface area contributed by atoms with Crippen LogP contribution in [0.5, 0.6) is 0 Å². The third-order valence-electron chi connectivity index (χ3n) is 4.66. The Labute approximate surface area is 185 Å². The Morgan fingerprint density at radius 2 is 1.91 bits per heavy atom. The molecule has 6 nitrogen and oxygen atoms in total. The number of nitrogens with zero attached hydrogens (tertiary/aromatic N) is 4. The van der Waals surface area contributed by atoms with Crippen LogP contribution in [0.1, 0.15) is 27.3 Å². The van der Waals surface area contributed by atoms with Crippen molar-refractivity contribution in [2.24, 2.45) is 5.10 Å². The van der Waals surface area contributed by atoms with E-state index in [0.29, 0.717) is 16.8 Å². The number of halogens is 4. The second-order valence-electron chi connectivity index (χ2n) is 6.84. The minimum Gasteiger partial charge on any atom is -0.266 e. The van der Waals surface area contributed by atoms with Crippen LogP contribution in [0.15, 0.2) is 65.8 Å². The molecule has 4 aromatic rings. The summed E-state index contributed by atoms with van der Waals surface area (Å²) in [6.07, 6.45) is -3.20. The van der Waals surface area contributed by atoms with E-state index in [1.807, 2.05) is 18.2 Å². The molecule has 32 heavy (non-hydrogen) atoms. The molecule has 1 amide bonds. The summed E-state index contributed by atoms with van der Waals surface area (Å²) in [6, 6.07) is 15.4. The molecule has 2 aromatic heterocycles. The van der Waals surface area contributed by atoms with Crippen molar-refractivity contribution in [2.75, 3.05) is 0 Å². The van der Waals surface area contributed by atoms with Crippen molar-refractivity contribution >= 4 is 34.6 Å². The maximum Gasteiger partial charge on any atom is 0.416 e. The number of benzene rings is 2. The van der Waals surface area contributed by atoms with Crippen molar-refractivity contribution in [3.05, 3.63) is 88.3 Å².